The molecule has 2 rings (SSSR count). The van der Waals surface area contributed by atoms with E-state index in [9.17, 15) is 28.1 Å². The summed E-state index contributed by atoms with van der Waals surface area (Å²) in [6, 6.07) is 8.18. The minimum absolute atomic E-state index is 0.145. The summed E-state index contributed by atoms with van der Waals surface area (Å²) in [5.74, 6) is -1.46. The van der Waals surface area contributed by atoms with E-state index in [1.807, 2.05) is 0 Å². The van der Waals surface area contributed by atoms with Gasteiger partial charge in [-0.1, -0.05) is 23.7 Å². The molecule has 0 bridgehead atoms. The van der Waals surface area contributed by atoms with Gasteiger partial charge in [-0.25, -0.2) is 0 Å². The molecule has 10 heteroatoms. The van der Waals surface area contributed by atoms with Gasteiger partial charge in [-0.3, -0.25) is 14.9 Å². The van der Waals surface area contributed by atoms with Crippen LogP contribution in [0.5, 0.6) is 5.75 Å². The molecular weight excluding hydrogens is 353 g/mol. The molecule has 0 heterocycles. The number of amides is 1. The molecule has 2 aromatic carbocycles. The van der Waals surface area contributed by atoms with Crippen molar-refractivity contribution in [3.63, 3.8) is 0 Å². The van der Waals surface area contributed by atoms with Gasteiger partial charge in [-0.05, 0) is 24.3 Å². The van der Waals surface area contributed by atoms with E-state index in [-0.39, 0.29) is 16.3 Å². The number of ether oxygens (including phenoxy) is 1. The average Bonchev–Trinajstić information content (AvgIpc) is 2.48. The van der Waals surface area contributed by atoms with Crippen molar-refractivity contribution in [2.24, 2.45) is 0 Å². The monoisotopic (exact) mass is 360 g/mol. The van der Waals surface area contributed by atoms with Gasteiger partial charge in [0.25, 0.3) is 11.6 Å². The number of benzene rings is 2. The lowest BCUT2D eigenvalue weighted by atomic mass is 10.2. The number of hydrogen-bond acceptors (Lipinski definition) is 4. The van der Waals surface area contributed by atoms with Gasteiger partial charge < -0.3 is 10.1 Å². The Morgan fingerprint density at radius 2 is 1.88 bits per heavy atom. The Morgan fingerprint density at radius 1 is 1.21 bits per heavy atom. The first-order valence-electron chi connectivity index (χ1n) is 6.27. The third-order valence-corrected chi connectivity index (χ3v) is 3.09. The first-order valence-corrected chi connectivity index (χ1v) is 6.65. The lowest BCUT2D eigenvalue weighted by molar-refractivity contribution is -0.384. The first-order chi connectivity index (χ1) is 11.2. The molecule has 126 valence electrons. The molecule has 2 aromatic rings. The Hall–Kier alpha value is -2.81. The molecule has 0 saturated carbocycles. The number of carbonyl (C=O) groups is 1. The van der Waals surface area contributed by atoms with E-state index in [1.54, 1.807) is 0 Å². The number of carbonyl (C=O) groups excluding carboxylic acids is 1. The van der Waals surface area contributed by atoms with E-state index in [1.165, 1.54) is 24.3 Å². The Balaban J connectivity index is 2.28. The van der Waals surface area contributed by atoms with E-state index in [0.717, 1.165) is 18.2 Å². The topological polar surface area (TPSA) is 81.5 Å². The second-order valence-electron chi connectivity index (χ2n) is 4.42. The van der Waals surface area contributed by atoms with Crippen molar-refractivity contribution in [2.75, 3.05) is 5.32 Å². The Labute approximate surface area is 137 Å². The molecule has 0 aromatic heterocycles. The number of para-hydroxylation sites is 2. The van der Waals surface area contributed by atoms with Crippen LogP contribution in [-0.2, 0) is 0 Å². The second kappa shape index (κ2) is 6.75. The minimum Gasteiger partial charge on any atom is -0.404 e. The van der Waals surface area contributed by atoms with Crippen LogP contribution in [0.1, 0.15) is 10.4 Å². The van der Waals surface area contributed by atoms with Crippen molar-refractivity contribution in [2.45, 2.75) is 6.36 Å². The first kappa shape index (κ1) is 17.5. The molecule has 0 fully saturated rings. The highest BCUT2D eigenvalue weighted by molar-refractivity contribution is 6.32. The minimum atomic E-state index is -4.93. The summed E-state index contributed by atoms with van der Waals surface area (Å²) in [6.45, 7) is 0. The van der Waals surface area contributed by atoms with E-state index in [2.05, 4.69) is 10.1 Å². The van der Waals surface area contributed by atoms with Crippen molar-refractivity contribution in [3.05, 3.63) is 63.2 Å². The number of nitro benzene ring substituents is 1. The zero-order valence-corrected chi connectivity index (χ0v) is 12.4. The molecule has 0 aliphatic rings. The maximum atomic E-state index is 12.3. The normalized spacial score (nSPS) is 11.0. The highest BCUT2D eigenvalue weighted by atomic mass is 35.5. The van der Waals surface area contributed by atoms with Crippen LogP contribution in [0.4, 0.5) is 24.5 Å². The van der Waals surface area contributed by atoms with Crippen LogP contribution in [0.15, 0.2) is 42.5 Å². The highest BCUT2D eigenvalue weighted by Crippen LogP contribution is 2.31. The summed E-state index contributed by atoms with van der Waals surface area (Å²) in [7, 11) is 0. The van der Waals surface area contributed by atoms with Gasteiger partial charge in [0.1, 0.15) is 5.02 Å². The molecule has 24 heavy (non-hydrogen) atoms. The van der Waals surface area contributed by atoms with E-state index in [0.29, 0.717) is 0 Å². The molecule has 0 aliphatic carbocycles. The number of nitrogens with one attached hydrogen (secondary N) is 1. The predicted octanol–water partition coefficient (Wildman–Crippen LogP) is 4.40. The quantitative estimate of drug-likeness (QED) is 0.647. The molecule has 0 saturated heterocycles. The summed E-state index contributed by atoms with van der Waals surface area (Å²) in [6.07, 6.45) is -4.93. The lowest BCUT2D eigenvalue weighted by Gasteiger charge is -2.13. The second-order valence-corrected chi connectivity index (χ2v) is 4.83. The maximum Gasteiger partial charge on any atom is 0.573 e. The third-order valence-electron chi connectivity index (χ3n) is 2.77. The van der Waals surface area contributed by atoms with Crippen molar-refractivity contribution < 1.29 is 27.6 Å². The van der Waals surface area contributed by atoms with Crippen molar-refractivity contribution in [1.29, 1.82) is 0 Å². The Kier molecular flexibility index (Phi) is 4.93. The molecule has 0 atom stereocenters. The zero-order chi connectivity index (χ0) is 17.9. The van der Waals surface area contributed by atoms with Crippen molar-refractivity contribution in [3.8, 4) is 5.75 Å². The van der Waals surface area contributed by atoms with Crippen LogP contribution >= 0.6 is 11.6 Å². The number of halogens is 4. The largest absolute Gasteiger partial charge is 0.573 e. The van der Waals surface area contributed by atoms with Crippen LogP contribution in [-0.4, -0.2) is 17.2 Å². The van der Waals surface area contributed by atoms with E-state index < -0.39 is 28.6 Å². The van der Waals surface area contributed by atoms with Crippen molar-refractivity contribution >= 4 is 28.9 Å². The van der Waals surface area contributed by atoms with Crippen LogP contribution in [0.3, 0.4) is 0 Å². The number of nitro groups is 1. The summed E-state index contributed by atoms with van der Waals surface area (Å²) in [4.78, 5) is 22.1. The summed E-state index contributed by atoms with van der Waals surface area (Å²) in [5, 5.41) is 12.8. The van der Waals surface area contributed by atoms with Crippen LogP contribution in [0.2, 0.25) is 5.02 Å². The Morgan fingerprint density at radius 3 is 2.50 bits per heavy atom. The predicted molar refractivity (Wildman–Crippen MR) is 79.2 cm³/mol. The van der Waals surface area contributed by atoms with Gasteiger partial charge in [-0.2, -0.15) is 0 Å². The number of alkyl halides is 3. The lowest BCUT2D eigenvalue weighted by Crippen LogP contribution is -2.19. The van der Waals surface area contributed by atoms with E-state index >= 15 is 0 Å². The zero-order valence-electron chi connectivity index (χ0n) is 11.6. The van der Waals surface area contributed by atoms with E-state index in [4.69, 9.17) is 11.6 Å². The fourth-order valence-corrected chi connectivity index (χ4v) is 1.96. The van der Waals surface area contributed by atoms with Gasteiger partial charge in [-0.15, -0.1) is 13.2 Å². The summed E-state index contributed by atoms with van der Waals surface area (Å²) in [5.41, 5.74) is -0.880. The maximum absolute atomic E-state index is 12.3. The molecule has 6 nitrogen and oxygen atoms in total. The number of rotatable bonds is 4. The molecule has 0 radical (unpaired) electrons. The number of anilines is 1. The molecule has 1 N–H and O–H groups in total. The molecular formula is C14H8ClF3N2O4. The highest BCUT2D eigenvalue weighted by Gasteiger charge is 2.32. The third kappa shape index (κ3) is 4.35. The van der Waals surface area contributed by atoms with Gasteiger partial charge in [0.2, 0.25) is 0 Å². The summed E-state index contributed by atoms with van der Waals surface area (Å²) >= 11 is 5.64. The van der Waals surface area contributed by atoms with Crippen LogP contribution in [0.25, 0.3) is 0 Å². The molecule has 1 amide bonds. The van der Waals surface area contributed by atoms with Gasteiger partial charge in [0.05, 0.1) is 10.6 Å². The smallest absolute Gasteiger partial charge is 0.404 e. The fraction of sp³-hybridized carbons (Fsp3) is 0.0714. The Bertz CT molecular complexity index is 796. The van der Waals surface area contributed by atoms with Gasteiger partial charge >= 0.3 is 6.36 Å². The standard InChI is InChI=1S/C14H8ClF3N2O4/c15-9-6-5-8(7-11(9)20(22)23)13(21)19-10-3-1-2-4-12(10)24-14(16,17)18/h1-7H,(H,19,21). The van der Waals surface area contributed by atoms with Crippen molar-refractivity contribution in [1.82, 2.24) is 0 Å². The molecule has 0 unspecified atom stereocenters. The molecule has 0 aliphatic heterocycles. The molecule has 0 spiro atoms. The number of hydrogen-bond donors (Lipinski definition) is 1. The van der Waals surface area contributed by atoms with Crippen LogP contribution < -0.4 is 10.1 Å². The number of nitrogens with zero attached hydrogens (tertiary/aromatic N) is 1. The van der Waals surface area contributed by atoms with Gasteiger partial charge in [0, 0.05) is 11.6 Å². The fourth-order valence-electron chi connectivity index (χ4n) is 1.77. The summed E-state index contributed by atoms with van der Waals surface area (Å²) < 4.78 is 40.8. The van der Waals surface area contributed by atoms with Crippen LogP contribution in [0, 0.1) is 10.1 Å². The van der Waals surface area contributed by atoms with Gasteiger partial charge in [0.15, 0.2) is 5.75 Å². The SMILES string of the molecule is O=C(Nc1ccccc1OC(F)(F)F)c1ccc(Cl)c([N+](=O)[O-])c1. The average molecular weight is 361 g/mol.